The lowest BCUT2D eigenvalue weighted by Gasteiger charge is -2.17. The van der Waals surface area contributed by atoms with Gasteiger partial charge >= 0.3 is 0 Å². The quantitative estimate of drug-likeness (QED) is 0.904. The molecular weight excluding hydrogens is 302 g/mol. The van der Waals surface area contributed by atoms with E-state index in [1.807, 2.05) is 25.1 Å². The molecule has 0 radical (unpaired) electrons. The second-order valence-electron chi connectivity index (χ2n) is 4.86. The maximum atomic E-state index is 12.3. The summed E-state index contributed by atoms with van der Waals surface area (Å²) in [5.41, 5.74) is 1.42. The van der Waals surface area contributed by atoms with Crippen LogP contribution in [0, 0.1) is 6.92 Å². The van der Waals surface area contributed by atoms with Gasteiger partial charge in [-0.2, -0.15) is 0 Å². The topological polar surface area (TPSA) is 47.6 Å². The van der Waals surface area contributed by atoms with Crippen LogP contribution in [0.15, 0.2) is 42.5 Å². The predicted octanol–water partition coefficient (Wildman–Crippen LogP) is 4.06. The highest BCUT2D eigenvalue weighted by Crippen LogP contribution is 2.31. The van der Waals surface area contributed by atoms with E-state index in [0.717, 1.165) is 5.56 Å². The number of hydrogen-bond acceptors (Lipinski definition) is 3. The van der Waals surface area contributed by atoms with Crippen molar-refractivity contribution in [3.05, 3.63) is 53.1 Å². The van der Waals surface area contributed by atoms with Crippen molar-refractivity contribution in [2.45, 2.75) is 20.0 Å². The fourth-order valence-electron chi connectivity index (χ4n) is 1.92. The minimum absolute atomic E-state index is 0.260. The van der Waals surface area contributed by atoms with Gasteiger partial charge in [0.25, 0.3) is 5.91 Å². The van der Waals surface area contributed by atoms with Gasteiger partial charge in [0.1, 0.15) is 11.5 Å². The number of amides is 1. The van der Waals surface area contributed by atoms with Gasteiger partial charge in [0.2, 0.25) is 0 Å². The SMILES string of the molecule is COc1cc(Cl)c(C)cc1NC(=O)[C@@H](C)Oc1ccccc1. The van der Waals surface area contributed by atoms with Crippen LogP contribution in [-0.2, 0) is 4.79 Å². The number of halogens is 1. The van der Waals surface area contributed by atoms with E-state index in [-0.39, 0.29) is 5.91 Å². The van der Waals surface area contributed by atoms with E-state index < -0.39 is 6.10 Å². The van der Waals surface area contributed by atoms with Gasteiger partial charge in [0.05, 0.1) is 12.8 Å². The average molecular weight is 320 g/mol. The monoisotopic (exact) mass is 319 g/mol. The van der Waals surface area contributed by atoms with Gasteiger partial charge in [-0.15, -0.1) is 0 Å². The van der Waals surface area contributed by atoms with Crippen LogP contribution < -0.4 is 14.8 Å². The Bertz CT molecular complexity index is 658. The fraction of sp³-hybridized carbons (Fsp3) is 0.235. The molecule has 0 bridgehead atoms. The number of carbonyl (C=O) groups is 1. The molecule has 0 unspecified atom stereocenters. The second kappa shape index (κ2) is 7.18. The molecule has 2 aromatic rings. The summed E-state index contributed by atoms with van der Waals surface area (Å²) in [4.78, 5) is 12.3. The molecule has 1 N–H and O–H groups in total. The van der Waals surface area contributed by atoms with E-state index >= 15 is 0 Å². The molecule has 2 aromatic carbocycles. The van der Waals surface area contributed by atoms with E-state index in [1.165, 1.54) is 7.11 Å². The van der Waals surface area contributed by atoms with Crippen molar-refractivity contribution in [1.29, 1.82) is 0 Å². The van der Waals surface area contributed by atoms with Crippen molar-refractivity contribution in [2.75, 3.05) is 12.4 Å². The maximum absolute atomic E-state index is 12.3. The molecule has 22 heavy (non-hydrogen) atoms. The van der Waals surface area contributed by atoms with Gasteiger partial charge in [0.15, 0.2) is 6.10 Å². The number of carbonyl (C=O) groups excluding carboxylic acids is 1. The molecule has 1 atom stereocenters. The number of benzene rings is 2. The first-order chi connectivity index (χ1) is 10.5. The molecule has 0 fully saturated rings. The minimum Gasteiger partial charge on any atom is -0.495 e. The van der Waals surface area contributed by atoms with Crippen molar-refractivity contribution in [3.8, 4) is 11.5 Å². The number of nitrogens with one attached hydrogen (secondary N) is 1. The molecule has 0 saturated heterocycles. The van der Waals surface area contributed by atoms with Crippen molar-refractivity contribution >= 4 is 23.2 Å². The second-order valence-corrected chi connectivity index (χ2v) is 5.27. The van der Waals surface area contributed by atoms with Gasteiger partial charge in [-0.05, 0) is 37.6 Å². The van der Waals surface area contributed by atoms with Gasteiger partial charge in [-0.25, -0.2) is 0 Å². The Labute approximate surface area is 135 Å². The minimum atomic E-state index is -0.636. The van der Waals surface area contributed by atoms with E-state index in [4.69, 9.17) is 21.1 Å². The number of anilines is 1. The average Bonchev–Trinajstić information content (AvgIpc) is 2.51. The molecule has 116 valence electrons. The van der Waals surface area contributed by atoms with Crippen LogP contribution in [0.3, 0.4) is 0 Å². The third-order valence-electron chi connectivity index (χ3n) is 3.16. The molecule has 4 nitrogen and oxygen atoms in total. The van der Waals surface area contributed by atoms with Crippen LogP contribution in [0.1, 0.15) is 12.5 Å². The highest BCUT2D eigenvalue weighted by atomic mass is 35.5. The van der Waals surface area contributed by atoms with Gasteiger partial charge in [0, 0.05) is 11.1 Å². The van der Waals surface area contributed by atoms with Crippen LogP contribution in [0.4, 0.5) is 5.69 Å². The number of rotatable bonds is 5. The molecule has 1 amide bonds. The number of ether oxygens (including phenoxy) is 2. The maximum Gasteiger partial charge on any atom is 0.265 e. The molecule has 2 rings (SSSR count). The molecule has 0 heterocycles. The summed E-state index contributed by atoms with van der Waals surface area (Å²) in [5.74, 6) is 0.893. The predicted molar refractivity (Wildman–Crippen MR) is 87.9 cm³/mol. The van der Waals surface area contributed by atoms with E-state index in [2.05, 4.69) is 5.32 Å². The van der Waals surface area contributed by atoms with Crippen LogP contribution >= 0.6 is 11.6 Å². The highest BCUT2D eigenvalue weighted by molar-refractivity contribution is 6.31. The van der Waals surface area contributed by atoms with Crippen molar-refractivity contribution in [1.82, 2.24) is 0 Å². The van der Waals surface area contributed by atoms with Crippen LogP contribution in [0.25, 0.3) is 0 Å². The summed E-state index contributed by atoms with van der Waals surface area (Å²) >= 11 is 6.05. The first-order valence-electron chi connectivity index (χ1n) is 6.88. The van der Waals surface area contributed by atoms with Crippen LogP contribution in [0.2, 0.25) is 5.02 Å². The molecule has 0 saturated carbocycles. The zero-order valence-electron chi connectivity index (χ0n) is 12.7. The van der Waals surface area contributed by atoms with Crippen LogP contribution in [-0.4, -0.2) is 19.1 Å². The molecule has 0 aliphatic rings. The highest BCUT2D eigenvalue weighted by Gasteiger charge is 2.17. The van der Waals surface area contributed by atoms with Gasteiger partial charge < -0.3 is 14.8 Å². The summed E-state index contributed by atoms with van der Waals surface area (Å²) in [7, 11) is 1.53. The largest absolute Gasteiger partial charge is 0.495 e. The van der Waals surface area contributed by atoms with Crippen LogP contribution in [0.5, 0.6) is 11.5 Å². The van der Waals surface area contributed by atoms with E-state index in [0.29, 0.717) is 22.2 Å². The van der Waals surface area contributed by atoms with E-state index in [1.54, 1.807) is 31.2 Å². The molecule has 0 aromatic heterocycles. The zero-order chi connectivity index (χ0) is 16.1. The third kappa shape index (κ3) is 3.92. The lowest BCUT2D eigenvalue weighted by Crippen LogP contribution is -2.30. The smallest absolute Gasteiger partial charge is 0.265 e. The molecule has 5 heteroatoms. The number of hydrogen-bond donors (Lipinski definition) is 1. The van der Waals surface area contributed by atoms with E-state index in [9.17, 15) is 4.79 Å². The summed E-state index contributed by atoms with van der Waals surface area (Å²) in [5, 5.41) is 3.39. The van der Waals surface area contributed by atoms with Gasteiger partial charge in [-0.3, -0.25) is 4.79 Å². The van der Waals surface area contributed by atoms with Crippen molar-refractivity contribution in [3.63, 3.8) is 0 Å². The lowest BCUT2D eigenvalue weighted by atomic mass is 10.2. The Morgan fingerprint density at radius 3 is 2.55 bits per heavy atom. The Morgan fingerprint density at radius 2 is 1.91 bits per heavy atom. The molecule has 0 spiro atoms. The Morgan fingerprint density at radius 1 is 1.23 bits per heavy atom. The number of methoxy groups -OCH3 is 1. The number of para-hydroxylation sites is 1. The summed E-state index contributed by atoms with van der Waals surface area (Å²) in [6, 6.07) is 12.6. The van der Waals surface area contributed by atoms with Gasteiger partial charge in [-0.1, -0.05) is 29.8 Å². The Kier molecular flexibility index (Phi) is 5.28. The molecule has 0 aliphatic heterocycles. The normalized spacial score (nSPS) is 11.6. The summed E-state index contributed by atoms with van der Waals surface area (Å²) < 4.78 is 10.8. The first-order valence-corrected chi connectivity index (χ1v) is 7.25. The number of aryl methyl sites for hydroxylation is 1. The molecule has 0 aliphatic carbocycles. The first kappa shape index (κ1) is 16.2. The standard InChI is InChI=1S/C17H18ClNO3/c1-11-9-15(16(21-3)10-14(11)18)19-17(20)12(2)22-13-7-5-4-6-8-13/h4-10,12H,1-3H3,(H,19,20)/t12-/m1/s1. The summed E-state index contributed by atoms with van der Waals surface area (Å²) in [6.07, 6.45) is -0.636. The third-order valence-corrected chi connectivity index (χ3v) is 3.57. The summed E-state index contributed by atoms with van der Waals surface area (Å²) in [6.45, 7) is 3.55. The molecular formula is C17H18ClNO3. The van der Waals surface area contributed by atoms with Crippen molar-refractivity contribution < 1.29 is 14.3 Å². The Hall–Kier alpha value is -2.20. The zero-order valence-corrected chi connectivity index (χ0v) is 13.5. The Balaban J connectivity index is 2.10. The van der Waals surface area contributed by atoms with Crippen molar-refractivity contribution in [2.24, 2.45) is 0 Å². The lowest BCUT2D eigenvalue weighted by molar-refractivity contribution is -0.122. The fourth-order valence-corrected chi connectivity index (χ4v) is 2.07.